The summed E-state index contributed by atoms with van der Waals surface area (Å²) in [5, 5.41) is 6.42. The van der Waals surface area contributed by atoms with Gasteiger partial charge >= 0.3 is 0 Å². The molecule has 3 fully saturated rings. The highest BCUT2D eigenvalue weighted by Gasteiger charge is 2.31. The third-order valence-corrected chi connectivity index (χ3v) is 5.51. The van der Waals surface area contributed by atoms with E-state index in [9.17, 15) is 9.59 Å². The van der Waals surface area contributed by atoms with E-state index in [-0.39, 0.29) is 30.8 Å². The van der Waals surface area contributed by atoms with Crippen LogP contribution in [0.4, 0.5) is 0 Å². The number of nitrogens with one attached hydrogen (secondary N) is 2. The van der Waals surface area contributed by atoms with Gasteiger partial charge in [-0.2, -0.15) is 0 Å². The molecule has 6 heteroatoms. The van der Waals surface area contributed by atoms with Crippen LogP contribution in [0.2, 0.25) is 0 Å². The van der Waals surface area contributed by atoms with Crippen molar-refractivity contribution < 1.29 is 9.59 Å². The first kappa shape index (κ1) is 18.5. The number of carbonyl (C=O) groups excluding carboxylic acids is 2. The van der Waals surface area contributed by atoms with Crippen LogP contribution in [-0.4, -0.2) is 48.4 Å². The molecule has 23 heavy (non-hydrogen) atoms. The number of hydrogen-bond donors (Lipinski definition) is 2. The van der Waals surface area contributed by atoms with Crippen molar-refractivity contribution in [3.8, 4) is 0 Å². The number of fused-ring (bicyclic) bond motifs is 2. The molecule has 0 aromatic rings. The monoisotopic (exact) mass is 343 g/mol. The van der Waals surface area contributed by atoms with E-state index in [1.165, 1.54) is 44.9 Å². The molecule has 2 bridgehead atoms. The molecule has 5 nitrogen and oxygen atoms in total. The minimum Gasteiger partial charge on any atom is -0.347 e. The molecule has 3 rings (SSSR count). The molecule has 0 aromatic heterocycles. The molecule has 0 spiro atoms. The highest BCUT2D eigenvalue weighted by molar-refractivity contribution is 5.85. The second-order valence-electron chi connectivity index (χ2n) is 7.25. The third kappa shape index (κ3) is 5.35. The number of hydrogen-bond acceptors (Lipinski definition) is 3. The number of amides is 2. The Balaban J connectivity index is 0.00000192. The van der Waals surface area contributed by atoms with Crippen molar-refractivity contribution in [2.75, 3.05) is 19.6 Å². The molecule has 132 valence electrons. The predicted octanol–water partition coefficient (Wildman–Crippen LogP) is 1.85. The second-order valence-corrected chi connectivity index (χ2v) is 7.25. The highest BCUT2D eigenvalue weighted by Crippen LogP contribution is 2.26. The minimum atomic E-state index is 0. The van der Waals surface area contributed by atoms with Gasteiger partial charge in [0.15, 0.2) is 0 Å². The predicted molar refractivity (Wildman–Crippen MR) is 92.6 cm³/mol. The molecule has 0 aromatic carbocycles. The maximum atomic E-state index is 12.3. The molecule has 2 amide bonds. The number of rotatable bonds is 4. The van der Waals surface area contributed by atoms with Gasteiger partial charge < -0.3 is 15.5 Å². The number of carbonyl (C=O) groups is 2. The summed E-state index contributed by atoms with van der Waals surface area (Å²) < 4.78 is 0. The SMILES string of the molecule is Cl.O=C(CC1CCCCC1)NCC(=O)N1CCC2CCC(C1)N2. The van der Waals surface area contributed by atoms with Gasteiger partial charge in [0.2, 0.25) is 11.8 Å². The molecule has 2 unspecified atom stereocenters. The lowest BCUT2D eigenvalue weighted by molar-refractivity contribution is -0.133. The van der Waals surface area contributed by atoms with Crippen LogP contribution < -0.4 is 10.6 Å². The Morgan fingerprint density at radius 2 is 1.74 bits per heavy atom. The van der Waals surface area contributed by atoms with Crippen LogP contribution in [-0.2, 0) is 9.59 Å². The van der Waals surface area contributed by atoms with Crippen molar-refractivity contribution in [2.45, 2.75) is 69.9 Å². The Morgan fingerprint density at radius 1 is 1.00 bits per heavy atom. The van der Waals surface area contributed by atoms with Crippen LogP contribution in [0, 0.1) is 5.92 Å². The van der Waals surface area contributed by atoms with Crippen molar-refractivity contribution in [1.29, 1.82) is 0 Å². The average Bonchev–Trinajstić information content (AvgIpc) is 2.85. The first-order valence-corrected chi connectivity index (χ1v) is 9.01. The maximum Gasteiger partial charge on any atom is 0.242 e. The van der Waals surface area contributed by atoms with Crippen LogP contribution in [0.25, 0.3) is 0 Å². The van der Waals surface area contributed by atoms with Gasteiger partial charge in [0.1, 0.15) is 0 Å². The van der Waals surface area contributed by atoms with Crippen molar-refractivity contribution >= 4 is 24.2 Å². The van der Waals surface area contributed by atoms with E-state index in [2.05, 4.69) is 10.6 Å². The Morgan fingerprint density at radius 3 is 2.52 bits per heavy atom. The molecule has 1 aliphatic carbocycles. The molecule has 2 aliphatic heterocycles. The van der Waals surface area contributed by atoms with E-state index in [0.29, 0.717) is 24.4 Å². The molecule has 0 radical (unpaired) electrons. The van der Waals surface area contributed by atoms with Crippen LogP contribution in [0.15, 0.2) is 0 Å². The molecule has 2 saturated heterocycles. The summed E-state index contributed by atoms with van der Waals surface area (Å²) in [6.45, 7) is 1.79. The average molecular weight is 344 g/mol. The minimum absolute atomic E-state index is 0. The topological polar surface area (TPSA) is 61.4 Å². The first-order chi connectivity index (χ1) is 10.7. The third-order valence-electron chi connectivity index (χ3n) is 5.51. The van der Waals surface area contributed by atoms with E-state index in [0.717, 1.165) is 19.5 Å². The number of halogens is 1. The summed E-state index contributed by atoms with van der Waals surface area (Å²) in [6.07, 6.45) is 10.2. The normalized spacial score (nSPS) is 27.9. The fraction of sp³-hybridized carbons (Fsp3) is 0.882. The highest BCUT2D eigenvalue weighted by atomic mass is 35.5. The van der Waals surface area contributed by atoms with Crippen molar-refractivity contribution in [3.63, 3.8) is 0 Å². The van der Waals surface area contributed by atoms with Gasteiger partial charge in [-0.3, -0.25) is 9.59 Å². The van der Waals surface area contributed by atoms with Crippen molar-refractivity contribution in [1.82, 2.24) is 15.5 Å². The zero-order valence-electron chi connectivity index (χ0n) is 13.9. The zero-order chi connectivity index (χ0) is 15.4. The quantitative estimate of drug-likeness (QED) is 0.819. The van der Waals surface area contributed by atoms with Crippen molar-refractivity contribution in [3.05, 3.63) is 0 Å². The lowest BCUT2D eigenvalue weighted by Gasteiger charge is -2.25. The maximum absolute atomic E-state index is 12.3. The summed E-state index contributed by atoms with van der Waals surface area (Å²) in [7, 11) is 0. The van der Waals surface area contributed by atoms with Crippen molar-refractivity contribution in [2.24, 2.45) is 5.92 Å². The lowest BCUT2D eigenvalue weighted by Crippen LogP contribution is -2.44. The van der Waals surface area contributed by atoms with Gasteiger partial charge in [0, 0.05) is 31.6 Å². The Labute approximate surface area is 145 Å². The van der Waals surface area contributed by atoms with Crippen LogP contribution in [0.1, 0.15) is 57.8 Å². The molecule has 1 saturated carbocycles. The molecule has 2 heterocycles. The van der Waals surface area contributed by atoms with Crippen LogP contribution in [0.5, 0.6) is 0 Å². The lowest BCUT2D eigenvalue weighted by atomic mass is 9.87. The first-order valence-electron chi connectivity index (χ1n) is 9.01. The van der Waals surface area contributed by atoms with Gasteiger partial charge in [-0.15, -0.1) is 12.4 Å². The second kappa shape index (κ2) is 8.88. The van der Waals surface area contributed by atoms with Gasteiger partial charge in [0.25, 0.3) is 0 Å². The number of nitrogens with zero attached hydrogens (tertiary/aromatic N) is 1. The standard InChI is InChI=1S/C17H29N3O2.ClH/c21-16(10-13-4-2-1-3-5-13)18-11-17(22)20-9-8-14-6-7-15(12-20)19-14;/h13-15,19H,1-12H2,(H,18,21);1H. The van der Waals surface area contributed by atoms with E-state index < -0.39 is 0 Å². The molecule has 2 N–H and O–H groups in total. The van der Waals surface area contributed by atoms with E-state index in [1.807, 2.05) is 4.90 Å². The molecular weight excluding hydrogens is 314 g/mol. The summed E-state index contributed by atoms with van der Waals surface area (Å²) in [5.41, 5.74) is 0. The molecule has 2 atom stereocenters. The summed E-state index contributed by atoms with van der Waals surface area (Å²) in [4.78, 5) is 26.2. The van der Waals surface area contributed by atoms with Gasteiger partial charge in [0.05, 0.1) is 6.54 Å². The van der Waals surface area contributed by atoms with E-state index in [4.69, 9.17) is 0 Å². The van der Waals surface area contributed by atoms with E-state index in [1.54, 1.807) is 0 Å². The fourth-order valence-electron chi connectivity index (χ4n) is 4.18. The number of likely N-dealkylation sites (tertiary alicyclic amines) is 1. The summed E-state index contributed by atoms with van der Waals surface area (Å²) in [6, 6.07) is 1.04. The Hall–Kier alpha value is -0.810. The molecule has 3 aliphatic rings. The van der Waals surface area contributed by atoms with Gasteiger partial charge in [-0.1, -0.05) is 19.3 Å². The van der Waals surface area contributed by atoms with E-state index >= 15 is 0 Å². The zero-order valence-corrected chi connectivity index (χ0v) is 14.7. The van der Waals surface area contributed by atoms with Crippen LogP contribution in [0.3, 0.4) is 0 Å². The smallest absolute Gasteiger partial charge is 0.242 e. The fourth-order valence-corrected chi connectivity index (χ4v) is 4.18. The summed E-state index contributed by atoms with van der Waals surface area (Å²) >= 11 is 0. The largest absolute Gasteiger partial charge is 0.347 e. The summed E-state index contributed by atoms with van der Waals surface area (Å²) in [5.74, 6) is 0.656. The molecular formula is C17H30ClN3O2. The van der Waals surface area contributed by atoms with Crippen LogP contribution >= 0.6 is 12.4 Å². The Kier molecular flexibility index (Phi) is 7.15. The van der Waals surface area contributed by atoms with Gasteiger partial charge in [-0.25, -0.2) is 0 Å². The Bertz CT molecular complexity index is 413. The van der Waals surface area contributed by atoms with Gasteiger partial charge in [-0.05, 0) is 38.0 Å².